The van der Waals surface area contributed by atoms with Gasteiger partial charge in [-0.3, -0.25) is 10.1 Å². The van der Waals surface area contributed by atoms with Crippen molar-refractivity contribution >= 4 is 15.5 Å². The first-order valence-corrected chi connectivity index (χ1v) is 7.79. The Bertz CT molecular complexity index is 527. The zero-order chi connectivity index (χ0) is 15.0. The summed E-state index contributed by atoms with van der Waals surface area (Å²) >= 11 is 0. The Labute approximate surface area is 118 Å². The molecule has 1 N–H and O–H groups in total. The summed E-state index contributed by atoms with van der Waals surface area (Å²) in [5, 5.41) is 13.6. The summed E-state index contributed by atoms with van der Waals surface area (Å²) in [6.07, 6.45) is 0.475. The third-order valence-corrected chi connectivity index (χ3v) is 4.47. The predicted molar refractivity (Wildman–Crippen MR) is 74.5 cm³/mol. The molecule has 1 rings (SSSR count). The van der Waals surface area contributed by atoms with Crippen LogP contribution in [0.5, 0.6) is 0 Å². The number of ether oxygens (including phenoxy) is 1. The Morgan fingerprint density at radius 2 is 1.90 bits per heavy atom. The third-order valence-electron chi connectivity index (χ3n) is 2.66. The molecule has 0 unspecified atom stereocenters. The maximum atomic E-state index is 12.0. The Balaban J connectivity index is 2.49. The van der Waals surface area contributed by atoms with Gasteiger partial charge in [-0.15, -0.1) is 0 Å². The highest BCUT2D eigenvalue weighted by molar-refractivity contribution is 7.91. The third kappa shape index (κ3) is 5.24. The van der Waals surface area contributed by atoms with Gasteiger partial charge in [-0.2, -0.15) is 0 Å². The Hall–Kier alpha value is -1.51. The molecule has 0 atom stereocenters. The fourth-order valence-electron chi connectivity index (χ4n) is 1.58. The van der Waals surface area contributed by atoms with Crippen LogP contribution in [0.15, 0.2) is 29.2 Å². The average molecular weight is 302 g/mol. The number of benzene rings is 1. The first kappa shape index (κ1) is 16.5. The van der Waals surface area contributed by atoms with Crippen molar-refractivity contribution < 1.29 is 18.1 Å². The Kier molecular flexibility index (Phi) is 6.56. The number of methoxy groups -OCH3 is 1. The van der Waals surface area contributed by atoms with E-state index in [9.17, 15) is 18.5 Å². The summed E-state index contributed by atoms with van der Waals surface area (Å²) in [6.45, 7) is 1.83. The molecule has 0 heterocycles. The summed E-state index contributed by atoms with van der Waals surface area (Å²) in [6, 6.07) is 4.94. The van der Waals surface area contributed by atoms with Gasteiger partial charge in [0.2, 0.25) is 0 Å². The van der Waals surface area contributed by atoms with E-state index in [2.05, 4.69) is 5.32 Å². The molecular weight excluding hydrogens is 284 g/mol. The normalized spacial score (nSPS) is 11.4. The summed E-state index contributed by atoms with van der Waals surface area (Å²) < 4.78 is 28.8. The van der Waals surface area contributed by atoms with Gasteiger partial charge in [0.25, 0.3) is 5.69 Å². The minimum Gasteiger partial charge on any atom is -0.383 e. The topological polar surface area (TPSA) is 98.5 Å². The molecule has 0 aromatic heterocycles. The fraction of sp³-hybridized carbons (Fsp3) is 0.500. The van der Waals surface area contributed by atoms with Crippen LogP contribution in [0, 0.1) is 10.1 Å². The van der Waals surface area contributed by atoms with Crippen molar-refractivity contribution in [1.82, 2.24) is 5.32 Å². The first-order chi connectivity index (χ1) is 9.47. The number of nitro benzene ring substituents is 1. The van der Waals surface area contributed by atoms with E-state index in [0.29, 0.717) is 26.1 Å². The van der Waals surface area contributed by atoms with Crippen molar-refractivity contribution in [2.45, 2.75) is 11.3 Å². The fourth-order valence-corrected chi connectivity index (χ4v) is 2.89. The predicted octanol–water partition coefficient (Wildman–Crippen LogP) is 0.995. The van der Waals surface area contributed by atoms with E-state index in [1.165, 1.54) is 24.3 Å². The van der Waals surface area contributed by atoms with Crippen molar-refractivity contribution in [3.63, 3.8) is 0 Å². The molecule has 8 heteroatoms. The zero-order valence-electron chi connectivity index (χ0n) is 11.2. The molecule has 0 amide bonds. The van der Waals surface area contributed by atoms with E-state index in [-0.39, 0.29) is 16.3 Å². The number of non-ortho nitro benzene ring substituents is 1. The van der Waals surface area contributed by atoms with Crippen LogP contribution in [-0.2, 0) is 14.6 Å². The quantitative estimate of drug-likeness (QED) is 0.415. The first-order valence-electron chi connectivity index (χ1n) is 6.14. The molecule has 1 aromatic rings. The van der Waals surface area contributed by atoms with E-state index >= 15 is 0 Å². The summed E-state index contributed by atoms with van der Waals surface area (Å²) in [4.78, 5) is 10.0. The molecule has 0 bridgehead atoms. The monoisotopic (exact) mass is 302 g/mol. The van der Waals surface area contributed by atoms with E-state index in [1.807, 2.05) is 0 Å². The largest absolute Gasteiger partial charge is 0.383 e. The maximum Gasteiger partial charge on any atom is 0.269 e. The molecule has 7 nitrogen and oxygen atoms in total. The highest BCUT2D eigenvalue weighted by Crippen LogP contribution is 2.17. The van der Waals surface area contributed by atoms with Crippen molar-refractivity contribution in [2.75, 3.05) is 32.6 Å². The van der Waals surface area contributed by atoms with Gasteiger partial charge in [-0.25, -0.2) is 8.42 Å². The van der Waals surface area contributed by atoms with Crippen molar-refractivity contribution in [1.29, 1.82) is 0 Å². The van der Waals surface area contributed by atoms with Gasteiger partial charge in [0.15, 0.2) is 9.84 Å². The highest BCUT2D eigenvalue weighted by atomic mass is 32.2. The molecule has 0 fully saturated rings. The lowest BCUT2D eigenvalue weighted by atomic mass is 10.3. The standard InChI is InChI=1S/C12H18N2O5S/c1-19-9-8-13-7-2-10-20(17,18)12-5-3-11(4-6-12)14(15)16/h3-6,13H,2,7-10H2,1H3. The Morgan fingerprint density at radius 3 is 2.45 bits per heavy atom. The lowest BCUT2D eigenvalue weighted by molar-refractivity contribution is -0.384. The number of hydrogen-bond donors (Lipinski definition) is 1. The minimum absolute atomic E-state index is 0.00476. The van der Waals surface area contributed by atoms with E-state index in [1.54, 1.807) is 7.11 Å². The van der Waals surface area contributed by atoms with Crippen LogP contribution in [0.25, 0.3) is 0 Å². The number of rotatable bonds is 9. The van der Waals surface area contributed by atoms with Crippen LogP contribution >= 0.6 is 0 Å². The van der Waals surface area contributed by atoms with Crippen LogP contribution in [0.2, 0.25) is 0 Å². The second-order valence-corrected chi connectivity index (χ2v) is 6.28. The lowest BCUT2D eigenvalue weighted by Gasteiger charge is -2.05. The SMILES string of the molecule is COCCNCCCS(=O)(=O)c1ccc([N+](=O)[O-])cc1. The highest BCUT2D eigenvalue weighted by Gasteiger charge is 2.15. The molecule has 112 valence electrons. The van der Waals surface area contributed by atoms with Gasteiger partial charge in [0, 0.05) is 25.8 Å². The van der Waals surface area contributed by atoms with Crippen molar-refractivity contribution in [3.8, 4) is 0 Å². The summed E-state index contributed by atoms with van der Waals surface area (Å²) in [5.41, 5.74) is -0.120. The van der Waals surface area contributed by atoms with Gasteiger partial charge in [-0.1, -0.05) is 0 Å². The van der Waals surface area contributed by atoms with Crippen LogP contribution in [0.4, 0.5) is 5.69 Å². The number of nitrogens with zero attached hydrogens (tertiary/aromatic N) is 1. The van der Waals surface area contributed by atoms with Gasteiger partial charge in [0.05, 0.1) is 22.2 Å². The van der Waals surface area contributed by atoms with E-state index < -0.39 is 14.8 Å². The molecule has 0 aliphatic carbocycles. The lowest BCUT2D eigenvalue weighted by Crippen LogP contribution is -2.22. The molecule has 0 spiro atoms. The molecular formula is C12H18N2O5S. The average Bonchev–Trinajstić information content (AvgIpc) is 2.43. The van der Waals surface area contributed by atoms with Crippen LogP contribution < -0.4 is 5.32 Å². The molecule has 0 saturated carbocycles. The molecule has 0 radical (unpaired) electrons. The maximum absolute atomic E-state index is 12.0. The van der Waals surface area contributed by atoms with Crippen molar-refractivity contribution in [3.05, 3.63) is 34.4 Å². The molecule has 1 aromatic carbocycles. The molecule has 20 heavy (non-hydrogen) atoms. The van der Waals surface area contributed by atoms with Gasteiger partial charge >= 0.3 is 0 Å². The zero-order valence-corrected chi connectivity index (χ0v) is 12.1. The van der Waals surface area contributed by atoms with E-state index in [4.69, 9.17) is 4.74 Å². The molecule has 0 aliphatic rings. The molecule has 0 aliphatic heterocycles. The second-order valence-electron chi connectivity index (χ2n) is 4.17. The number of nitro groups is 1. The van der Waals surface area contributed by atoms with E-state index in [0.717, 1.165) is 0 Å². The smallest absolute Gasteiger partial charge is 0.269 e. The Morgan fingerprint density at radius 1 is 1.25 bits per heavy atom. The molecule has 0 saturated heterocycles. The van der Waals surface area contributed by atoms with Gasteiger partial charge in [0.1, 0.15) is 0 Å². The van der Waals surface area contributed by atoms with Gasteiger partial charge in [-0.05, 0) is 25.1 Å². The number of sulfone groups is 1. The summed E-state index contributed by atoms with van der Waals surface area (Å²) in [7, 11) is -1.79. The summed E-state index contributed by atoms with van der Waals surface area (Å²) in [5.74, 6) is 0.00476. The number of nitrogens with one attached hydrogen (secondary N) is 1. The second kappa shape index (κ2) is 7.93. The van der Waals surface area contributed by atoms with Crippen molar-refractivity contribution in [2.24, 2.45) is 0 Å². The number of hydrogen-bond acceptors (Lipinski definition) is 6. The van der Waals surface area contributed by atoms with Crippen LogP contribution in [0.3, 0.4) is 0 Å². The van der Waals surface area contributed by atoms with Gasteiger partial charge < -0.3 is 10.1 Å². The minimum atomic E-state index is -3.39. The van der Waals surface area contributed by atoms with Crippen LogP contribution in [-0.4, -0.2) is 45.9 Å². The van der Waals surface area contributed by atoms with Crippen LogP contribution in [0.1, 0.15) is 6.42 Å².